The summed E-state index contributed by atoms with van der Waals surface area (Å²) in [5, 5.41) is 14.5. The third-order valence-corrected chi connectivity index (χ3v) is 4.26. The van der Waals surface area contributed by atoms with Gasteiger partial charge in [-0.3, -0.25) is 19.7 Å². The van der Waals surface area contributed by atoms with Crippen LogP contribution in [0.3, 0.4) is 0 Å². The number of benzene rings is 1. The Morgan fingerprint density at radius 2 is 2.00 bits per heavy atom. The molecule has 2 rings (SSSR count). The number of aromatic nitrogens is 2. The molecule has 0 aliphatic rings. The Kier molecular flexibility index (Phi) is 4.55. The topological polar surface area (TPSA) is 150 Å². The predicted molar refractivity (Wildman–Crippen MR) is 78.3 cm³/mol. The molecule has 0 spiro atoms. The van der Waals surface area contributed by atoms with Crippen LogP contribution in [-0.4, -0.2) is 41.3 Å². The third-order valence-electron chi connectivity index (χ3n) is 3.15. The van der Waals surface area contributed by atoms with Gasteiger partial charge in [-0.2, -0.15) is 4.98 Å². The van der Waals surface area contributed by atoms with Crippen molar-refractivity contribution in [3.63, 3.8) is 0 Å². The highest BCUT2D eigenvalue weighted by molar-refractivity contribution is 7.90. The number of carbonyl (C=O) groups is 2. The number of ketones is 2. The fourth-order valence-electron chi connectivity index (χ4n) is 2.04. The van der Waals surface area contributed by atoms with Crippen LogP contribution >= 0.6 is 0 Å². The highest BCUT2D eigenvalue weighted by atomic mass is 32.2. The summed E-state index contributed by atoms with van der Waals surface area (Å²) in [6.07, 6.45) is 1.87. The first kappa shape index (κ1) is 17.4. The lowest BCUT2D eigenvalue weighted by molar-refractivity contribution is -0.385. The molecule has 2 aromatic rings. The van der Waals surface area contributed by atoms with Gasteiger partial charge in [-0.1, -0.05) is 5.16 Å². The summed E-state index contributed by atoms with van der Waals surface area (Å²) in [5.41, 5.74) is -1.15. The number of hydrogen-bond acceptors (Lipinski definition) is 9. The lowest BCUT2D eigenvalue weighted by Crippen LogP contribution is -2.21. The first-order valence-corrected chi connectivity index (χ1v) is 8.31. The van der Waals surface area contributed by atoms with E-state index < -0.39 is 43.5 Å². The number of nitro groups is 1. The molecule has 126 valence electrons. The molecular weight excluding hydrogens is 342 g/mol. The molecule has 24 heavy (non-hydrogen) atoms. The largest absolute Gasteiger partial charge is 0.338 e. The van der Waals surface area contributed by atoms with Crippen LogP contribution in [0, 0.1) is 10.1 Å². The summed E-state index contributed by atoms with van der Waals surface area (Å²) in [7, 11) is -3.70. The summed E-state index contributed by atoms with van der Waals surface area (Å²) >= 11 is 0. The van der Waals surface area contributed by atoms with Crippen molar-refractivity contribution in [1.29, 1.82) is 0 Å². The normalized spacial score (nSPS) is 12.6. The third kappa shape index (κ3) is 3.35. The molecule has 1 aromatic heterocycles. The minimum absolute atomic E-state index is 0.297. The van der Waals surface area contributed by atoms with Crippen molar-refractivity contribution >= 4 is 27.1 Å². The van der Waals surface area contributed by atoms with E-state index in [1.807, 2.05) is 0 Å². The molecule has 1 aromatic carbocycles. The SMILES string of the molecule is CC(=O)C(C(=O)c1ccc(S(C)(=O)=O)cc1[N+](=O)[O-])c1ncno1. The van der Waals surface area contributed by atoms with Gasteiger partial charge in [0, 0.05) is 12.3 Å². The van der Waals surface area contributed by atoms with Gasteiger partial charge in [0.05, 0.1) is 15.4 Å². The molecule has 1 atom stereocenters. The van der Waals surface area contributed by atoms with Gasteiger partial charge < -0.3 is 4.52 Å². The van der Waals surface area contributed by atoms with E-state index in [9.17, 15) is 28.1 Å². The molecule has 0 amide bonds. The van der Waals surface area contributed by atoms with Gasteiger partial charge in [-0.15, -0.1) is 0 Å². The standard InChI is InChI=1S/C13H11N3O7S/c1-7(17)11(13-14-6-15-23-13)12(18)9-4-3-8(24(2,21)22)5-10(9)16(19)20/h3-6,11H,1-2H3. The van der Waals surface area contributed by atoms with Gasteiger partial charge in [-0.25, -0.2) is 8.42 Å². The lowest BCUT2D eigenvalue weighted by atomic mass is 9.93. The van der Waals surface area contributed by atoms with E-state index in [0.717, 1.165) is 37.7 Å². The maximum Gasteiger partial charge on any atom is 0.281 e. The van der Waals surface area contributed by atoms with Crippen LogP contribution in [0.15, 0.2) is 33.9 Å². The Labute approximate surface area is 135 Å². The van der Waals surface area contributed by atoms with Crippen molar-refractivity contribution in [2.75, 3.05) is 6.26 Å². The number of carbonyl (C=O) groups excluding carboxylic acids is 2. The van der Waals surface area contributed by atoms with Gasteiger partial charge in [0.25, 0.3) is 5.69 Å². The zero-order valence-electron chi connectivity index (χ0n) is 12.5. The smallest absolute Gasteiger partial charge is 0.281 e. The fourth-order valence-corrected chi connectivity index (χ4v) is 2.68. The van der Waals surface area contributed by atoms with Crippen LogP contribution in [0.5, 0.6) is 0 Å². The Hall–Kier alpha value is -2.95. The second kappa shape index (κ2) is 6.28. The van der Waals surface area contributed by atoms with E-state index in [4.69, 9.17) is 4.52 Å². The van der Waals surface area contributed by atoms with Gasteiger partial charge in [0.1, 0.15) is 5.78 Å². The van der Waals surface area contributed by atoms with Crippen molar-refractivity contribution in [3.05, 3.63) is 46.1 Å². The maximum atomic E-state index is 12.6. The number of nitro benzene ring substituents is 1. The minimum atomic E-state index is -3.70. The van der Waals surface area contributed by atoms with Gasteiger partial charge in [0.2, 0.25) is 5.89 Å². The maximum absolute atomic E-state index is 12.6. The van der Waals surface area contributed by atoms with Gasteiger partial charge in [0.15, 0.2) is 27.9 Å². The monoisotopic (exact) mass is 353 g/mol. The van der Waals surface area contributed by atoms with Crippen LogP contribution in [0.4, 0.5) is 5.69 Å². The number of Topliss-reactive ketones (excluding diaryl/α,β-unsaturated/α-hetero) is 2. The Balaban J connectivity index is 2.60. The van der Waals surface area contributed by atoms with Gasteiger partial charge in [-0.05, 0) is 19.1 Å². The van der Waals surface area contributed by atoms with Crippen LogP contribution < -0.4 is 0 Å². The number of rotatable bonds is 6. The molecular formula is C13H11N3O7S. The number of hydrogen-bond donors (Lipinski definition) is 0. The van der Waals surface area contributed by atoms with Crippen LogP contribution in [0.2, 0.25) is 0 Å². The fraction of sp³-hybridized carbons (Fsp3) is 0.231. The summed E-state index contributed by atoms with van der Waals surface area (Å²) < 4.78 is 27.8. The van der Waals surface area contributed by atoms with E-state index in [1.54, 1.807) is 0 Å². The Morgan fingerprint density at radius 1 is 1.33 bits per heavy atom. The quantitative estimate of drug-likeness (QED) is 0.320. The molecule has 1 unspecified atom stereocenters. The average Bonchev–Trinajstić information content (AvgIpc) is 2.99. The summed E-state index contributed by atoms with van der Waals surface area (Å²) in [6.45, 7) is 1.10. The van der Waals surface area contributed by atoms with Gasteiger partial charge >= 0.3 is 0 Å². The molecule has 0 N–H and O–H groups in total. The summed E-state index contributed by atoms with van der Waals surface area (Å²) in [6, 6.07) is 2.82. The molecule has 0 radical (unpaired) electrons. The lowest BCUT2D eigenvalue weighted by Gasteiger charge is -2.09. The van der Waals surface area contributed by atoms with Crippen molar-refractivity contribution < 1.29 is 27.5 Å². The molecule has 0 saturated carbocycles. The number of nitrogens with zero attached hydrogens (tertiary/aromatic N) is 3. The second-order valence-corrected chi connectivity index (χ2v) is 6.91. The first-order chi connectivity index (χ1) is 11.1. The molecule has 0 bridgehead atoms. The van der Waals surface area contributed by atoms with Crippen LogP contribution in [0.25, 0.3) is 0 Å². The predicted octanol–water partition coefficient (Wildman–Crippen LogP) is 0.937. The average molecular weight is 353 g/mol. The van der Waals surface area contributed by atoms with Crippen LogP contribution in [0.1, 0.15) is 29.1 Å². The highest BCUT2D eigenvalue weighted by Gasteiger charge is 2.35. The minimum Gasteiger partial charge on any atom is -0.338 e. The van der Waals surface area contributed by atoms with E-state index in [1.165, 1.54) is 0 Å². The second-order valence-electron chi connectivity index (χ2n) is 4.90. The van der Waals surface area contributed by atoms with E-state index in [2.05, 4.69) is 10.1 Å². The zero-order chi connectivity index (χ0) is 18.1. The van der Waals surface area contributed by atoms with E-state index in [-0.39, 0.29) is 10.8 Å². The zero-order valence-corrected chi connectivity index (χ0v) is 13.3. The molecule has 0 saturated heterocycles. The molecule has 11 heteroatoms. The molecule has 10 nitrogen and oxygen atoms in total. The molecule has 0 aliphatic heterocycles. The Morgan fingerprint density at radius 3 is 2.46 bits per heavy atom. The molecule has 0 aliphatic carbocycles. The highest BCUT2D eigenvalue weighted by Crippen LogP contribution is 2.28. The first-order valence-electron chi connectivity index (χ1n) is 6.42. The number of sulfone groups is 1. The Bertz CT molecular complexity index is 919. The van der Waals surface area contributed by atoms with Crippen molar-refractivity contribution in [3.8, 4) is 0 Å². The van der Waals surface area contributed by atoms with Crippen LogP contribution in [-0.2, 0) is 14.6 Å². The van der Waals surface area contributed by atoms with Crippen molar-refractivity contribution in [2.24, 2.45) is 0 Å². The summed E-state index contributed by atoms with van der Waals surface area (Å²) in [5.74, 6) is -3.38. The molecule has 0 fully saturated rings. The van der Waals surface area contributed by atoms with E-state index in [0.29, 0.717) is 0 Å². The van der Waals surface area contributed by atoms with E-state index >= 15 is 0 Å². The molecule has 1 heterocycles. The van der Waals surface area contributed by atoms with Crippen molar-refractivity contribution in [1.82, 2.24) is 10.1 Å². The van der Waals surface area contributed by atoms with Crippen molar-refractivity contribution in [2.45, 2.75) is 17.7 Å². The summed E-state index contributed by atoms with van der Waals surface area (Å²) in [4.78, 5) is 37.9.